The Morgan fingerprint density at radius 3 is 1.49 bits per heavy atom. The summed E-state index contributed by atoms with van der Waals surface area (Å²) in [5.41, 5.74) is 8.86. The number of aromatic nitrogens is 3. The van der Waals surface area contributed by atoms with Gasteiger partial charge in [0, 0.05) is 33.0 Å². The van der Waals surface area contributed by atoms with E-state index in [9.17, 15) is 0 Å². The molecule has 0 N–H and O–H groups in total. The van der Waals surface area contributed by atoms with E-state index in [1.807, 2.05) is 103 Å². The van der Waals surface area contributed by atoms with Crippen LogP contribution in [0.25, 0.3) is 89.5 Å². The van der Waals surface area contributed by atoms with Crippen molar-refractivity contribution in [3.63, 3.8) is 0 Å². The Morgan fingerprint density at radius 2 is 0.898 bits per heavy atom. The summed E-state index contributed by atoms with van der Waals surface area (Å²) < 4.78 is 47.1. The summed E-state index contributed by atoms with van der Waals surface area (Å²) in [6.07, 6.45) is 0. The molecule has 4 nitrogen and oxygen atoms in total. The molecular formula is C45H29N3O. The third kappa shape index (κ3) is 5.45. The molecular weight excluding hydrogens is 599 g/mol. The Morgan fingerprint density at radius 1 is 0.388 bits per heavy atom. The fourth-order valence-corrected chi connectivity index (χ4v) is 6.17. The minimum Gasteiger partial charge on any atom is -0.455 e. The van der Waals surface area contributed by atoms with Gasteiger partial charge in [-0.25, -0.2) is 15.0 Å². The molecule has 0 radical (unpaired) electrons. The van der Waals surface area contributed by atoms with Crippen LogP contribution in [-0.4, -0.2) is 15.0 Å². The van der Waals surface area contributed by atoms with Gasteiger partial charge in [0.15, 0.2) is 17.5 Å². The van der Waals surface area contributed by atoms with Crippen LogP contribution >= 0.6 is 0 Å². The Hall–Kier alpha value is -6.65. The lowest BCUT2D eigenvalue weighted by molar-refractivity contribution is 0.670. The number of hydrogen-bond acceptors (Lipinski definition) is 4. The van der Waals surface area contributed by atoms with Crippen LogP contribution in [0.15, 0.2) is 180 Å². The highest BCUT2D eigenvalue weighted by atomic mass is 16.3. The molecule has 0 saturated carbocycles. The molecule has 0 spiro atoms. The maximum atomic E-state index is 8.33. The highest BCUT2D eigenvalue weighted by Gasteiger charge is 2.16. The number of nitrogens with zero attached hydrogens (tertiary/aromatic N) is 3. The van der Waals surface area contributed by atoms with Crippen molar-refractivity contribution in [2.24, 2.45) is 0 Å². The fourth-order valence-electron chi connectivity index (χ4n) is 6.17. The number of hydrogen-bond donors (Lipinski definition) is 0. The zero-order valence-electron chi connectivity index (χ0n) is 31.1. The monoisotopic (exact) mass is 632 g/mol. The summed E-state index contributed by atoms with van der Waals surface area (Å²) in [7, 11) is 0. The van der Waals surface area contributed by atoms with E-state index in [4.69, 9.17) is 26.2 Å². The van der Waals surface area contributed by atoms with E-state index in [1.165, 1.54) is 0 Å². The van der Waals surface area contributed by atoms with E-state index in [0.717, 1.165) is 60.9 Å². The molecule has 2 aromatic heterocycles. The second-order valence-corrected chi connectivity index (χ2v) is 11.7. The van der Waals surface area contributed by atoms with Crippen molar-refractivity contribution in [3.05, 3.63) is 176 Å². The first-order valence-corrected chi connectivity index (χ1v) is 15.9. The van der Waals surface area contributed by atoms with Gasteiger partial charge < -0.3 is 4.42 Å². The molecule has 9 rings (SSSR count). The van der Waals surface area contributed by atoms with Gasteiger partial charge in [0.25, 0.3) is 0 Å². The third-order valence-corrected chi connectivity index (χ3v) is 8.66. The highest BCUT2D eigenvalue weighted by molar-refractivity contribution is 6.10. The summed E-state index contributed by atoms with van der Waals surface area (Å²) in [5.74, 6) is 1.78. The molecule has 0 saturated heterocycles. The van der Waals surface area contributed by atoms with Gasteiger partial charge in [0.05, 0.1) is 6.85 Å². The molecule has 0 atom stereocenters. The van der Waals surface area contributed by atoms with Gasteiger partial charge in [0.1, 0.15) is 11.2 Å². The molecule has 0 aliphatic heterocycles. The Labute approximate surface area is 291 Å². The minimum absolute atomic E-state index is 0.191. The quantitative estimate of drug-likeness (QED) is 0.183. The van der Waals surface area contributed by atoms with Gasteiger partial charge in [-0.1, -0.05) is 158 Å². The minimum atomic E-state index is -0.400. The van der Waals surface area contributed by atoms with Crippen LogP contribution < -0.4 is 0 Å². The second kappa shape index (κ2) is 12.2. The van der Waals surface area contributed by atoms with E-state index in [0.29, 0.717) is 23.0 Å². The summed E-state index contributed by atoms with van der Waals surface area (Å²) in [6.45, 7) is 0. The number of para-hydroxylation sites is 1. The molecule has 0 fully saturated rings. The highest BCUT2D eigenvalue weighted by Crippen LogP contribution is 2.38. The van der Waals surface area contributed by atoms with E-state index in [-0.39, 0.29) is 29.7 Å². The van der Waals surface area contributed by atoms with Crippen molar-refractivity contribution < 1.29 is 11.3 Å². The summed E-state index contributed by atoms with van der Waals surface area (Å²) in [5, 5.41) is 1.94. The van der Waals surface area contributed by atoms with Gasteiger partial charge in [-0.15, -0.1) is 0 Å². The Balaban J connectivity index is 1.06. The van der Waals surface area contributed by atoms with Crippen molar-refractivity contribution >= 4 is 21.9 Å². The van der Waals surface area contributed by atoms with Gasteiger partial charge in [0.2, 0.25) is 0 Å². The van der Waals surface area contributed by atoms with Crippen LogP contribution in [-0.2, 0) is 0 Å². The molecule has 0 unspecified atom stereocenters. The number of fused-ring (bicyclic) bond motifs is 3. The van der Waals surface area contributed by atoms with Crippen molar-refractivity contribution in [2.75, 3.05) is 0 Å². The first kappa shape index (κ1) is 23.6. The molecule has 0 bridgehead atoms. The predicted molar refractivity (Wildman–Crippen MR) is 200 cm³/mol. The second-order valence-electron chi connectivity index (χ2n) is 11.7. The zero-order chi connectivity index (χ0) is 36.9. The maximum absolute atomic E-state index is 8.33. The van der Waals surface area contributed by atoms with Crippen LogP contribution in [0, 0.1) is 0 Å². The SMILES string of the molecule is [2H]c1c([2H])c([2H])c(-c2ccc(-c3ccc(-c4cccc5c4oc4ccc(-c6nc(-c7ccccc7)nc(-c7ccccc7)n6)cc45)cc3)cc2)c([2H])c1[2H]. The topological polar surface area (TPSA) is 51.8 Å². The lowest BCUT2D eigenvalue weighted by atomic mass is 9.97. The number of rotatable bonds is 6. The summed E-state index contributed by atoms with van der Waals surface area (Å²) in [4.78, 5) is 14.7. The fraction of sp³-hybridized carbons (Fsp3) is 0. The van der Waals surface area contributed by atoms with Gasteiger partial charge in [-0.05, 0) is 46.0 Å². The Kier molecular flexibility index (Phi) is 5.87. The van der Waals surface area contributed by atoms with Crippen LogP contribution in [0.4, 0.5) is 0 Å². The van der Waals surface area contributed by atoms with Crippen molar-refractivity contribution in [3.8, 4) is 67.5 Å². The average Bonchev–Trinajstić information content (AvgIpc) is 3.61. The third-order valence-electron chi connectivity index (χ3n) is 8.66. The van der Waals surface area contributed by atoms with Gasteiger partial charge >= 0.3 is 0 Å². The average molecular weight is 633 g/mol. The number of furan rings is 1. The van der Waals surface area contributed by atoms with Crippen molar-refractivity contribution in [1.82, 2.24) is 15.0 Å². The molecule has 2 heterocycles. The van der Waals surface area contributed by atoms with Crippen molar-refractivity contribution in [2.45, 2.75) is 0 Å². The Bertz CT molecular complexity index is 2770. The summed E-state index contributed by atoms with van der Waals surface area (Å²) >= 11 is 0. The lowest BCUT2D eigenvalue weighted by Crippen LogP contribution is -2.00. The first-order chi connectivity index (χ1) is 26.3. The molecule has 0 aliphatic carbocycles. The van der Waals surface area contributed by atoms with E-state index < -0.39 is 6.04 Å². The zero-order valence-corrected chi connectivity index (χ0v) is 26.1. The van der Waals surface area contributed by atoms with Crippen LogP contribution in [0.2, 0.25) is 0 Å². The standard InChI is InChI=1S/C45H29N3O/c1-4-11-30(12-5-1)31-19-21-32(22-20-31)33-23-25-34(26-24-33)38-17-10-18-39-40-29-37(27-28-41(40)49-42(38)39)45-47-43(35-13-6-2-7-14-35)46-44(48-45)36-15-8-3-9-16-36/h1-29H/i1D,4D,5D,11D,12D. The molecule has 0 amide bonds. The normalized spacial score (nSPS) is 12.7. The van der Waals surface area contributed by atoms with Crippen LogP contribution in [0.3, 0.4) is 0 Å². The molecule has 4 heteroatoms. The van der Waals surface area contributed by atoms with E-state index in [2.05, 4.69) is 30.3 Å². The molecule has 9 aromatic rings. The van der Waals surface area contributed by atoms with E-state index in [1.54, 1.807) is 12.1 Å². The molecule has 49 heavy (non-hydrogen) atoms. The molecule has 230 valence electrons. The van der Waals surface area contributed by atoms with Crippen molar-refractivity contribution in [1.29, 1.82) is 0 Å². The predicted octanol–water partition coefficient (Wildman–Crippen LogP) is 11.8. The molecule has 0 aliphatic rings. The maximum Gasteiger partial charge on any atom is 0.164 e. The lowest BCUT2D eigenvalue weighted by Gasteiger charge is -2.08. The number of benzene rings is 7. The van der Waals surface area contributed by atoms with Gasteiger partial charge in [-0.2, -0.15) is 0 Å². The summed E-state index contributed by atoms with van der Waals surface area (Å²) in [6, 6.07) is 46.1. The smallest absolute Gasteiger partial charge is 0.164 e. The largest absolute Gasteiger partial charge is 0.455 e. The van der Waals surface area contributed by atoms with Crippen LogP contribution in [0.1, 0.15) is 6.85 Å². The molecule has 7 aromatic carbocycles. The van der Waals surface area contributed by atoms with Crippen LogP contribution in [0.5, 0.6) is 0 Å². The van der Waals surface area contributed by atoms with Gasteiger partial charge in [-0.3, -0.25) is 0 Å². The van der Waals surface area contributed by atoms with E-state index >= 15 is 0 Å². The first-order valence-electron chi connectivity index (χ1n) is 18.4.